The van der Waals surface area contributed by atoms with Crippen molar-refractivity contribution in [3.8, 4) is 22.3 Å². The molecule has 1 spiro atoms. The fourth-order valence-electron chi connectivity index (χ4n) is 7.04. The molecule has 0 radical (unpaired) electrons. The van der Waals surface area contributed by atoms with Crippen LogP contribution >= 0.6 is 11.6 Å². The highest BCUT2D eigenvalue weighted by Gasteiger charge is 2.52. The largest absolute Gasteiger partial charge is 0.219 e. The van der Waals surface area contributed by atoms with Gasteiger partial charge in [-0.2, -0.15) is 0 Å². The zero-order valence-corrected chi connectivity index (χ0v) is 26.4. The molecule has 0 amide bonds. The van der Waals surface area contributed by atoms with Crippen LogP contribution in [-0.2, 0) is 25.1 Å². The van der Waals surface area contributed by atoms with Crippen LogP contribution in [0.4, 0.5) is 0 Å². The normalized spacial score (nSPS) is 14.1. The van der Waals surface area contributed by atoms with Crippen molar-refractivity contribution >= 4 is 31.3 Å². The second kappa shape index (κ2) is 9.75. The highest BCUT2D eigenvalue weighted by Crippen LogP contribution is 2.63. The summed E-state index contributed by atoms with van der Waals surface area (Å²) in [6.45, 7) is 1.92. The van der Waals surface area contributed by atoms with Gasteiger partial charge in [-0.3, -0.25) is 0 Å². The minimum atomic E-state index is -3.89. The van der Waals surface area contributed by atoms with E-state index in [-0.39, 0.29) is 19.6 Å². The Bertz CT molecular complexity index is 2240. The number of benzene rings is 6. The van der Waals surface area contributed by atoms with E-state index in [1.165, 1.54) is 12.1 Å². The van der Waals surface area contributed by atoms with Crippen molar-refractivity contribution in [2.24, 2.45) is 0 Å². The Morgan fingerprint density at radius 3 is 1.29 bits per heavy atom. The summed E-state index contributed by atoms with van der Waals surface area (Å²) in [6.07, 6.45) is 0. The van der Waals surface area contributed by atoms with E-state index in [4.69, 9.17) is 11.6 Å². The molecule has 0 bridgehead atoms. The van der Waals surface area contributed by atoms with Crippen molar-refractivity contribution in [1.29, 1.82) is 0 Å². The standard InChI is InChI=1S/C38H25ClO4S2/c1-24-10-14-26(15-11-24)44(40,41)28-18-20-32-33-21-19-29(45(42,43)27-16-12-25(39)13-17-27)23-37(33)38(36(32)22-28)34-8-4-2-6-30(34)31-7-3-5-9-35(31)38/h2-23H,1H3. The molecule has 0 unspecified atom stereocenters. The van der Waals surface area contributed by atoms with Gasteiger partial charge in [0.2, 0.25) is 19.7 Å². The first-order chi connectivity index (χ1) is 21.6. The first-order valence-electron chi connectivity index (χ1n) is 14.4. The van der Waals surface area contributed by atoms with Gasteiger partial charge in [0.05, 0.1) is 25.0 Å². The van der Waals surface area contributed by atoms with Gasteiger partial charge in [0, 0.05) is 5.02 Å². The van der Waals surface area contributed by atoms with Crippen LogP contribution in [0.1, 0.15) is 27.8 Å². The van der Waals surface area contributed by atoms with Gasteiger partial charge in [-0.05, 0) is 112 Å². The highest BCUT2D eigenvalue weighted by atomic mass is 35.5. The van der Waals surface area contributed by atoms with Crippen molar-refractivity contribution in [1.82, 2.24) is 0 Å². The summed E-state index contributed by atoms with van der Waals surface area (Å²) in [7, 11) is -7.73. The van der Waals surface area contributed by atoms with Gasteiger partial charge in [0.25, 0.3) is 0 Å². The minimum absolute atomic E-state index is 0.148. The molecule has 45 heavy (non-hydrogen) atoms. The van der Waals surface area contributed by atoms with E-state index < -0.39 is 25.1 Å². The van der Waals surface area contributed by atoms with E-state index in [0.29, 0.717) is 5.02 Å². The van der Waals surface area contributed by atoms with Gasteiger partial charge in [0.1, 0.15) is 0 Å². The van der Waals surface area contributed by atoms with E-state index in [2.05, 4.69) is 24.3 Å². The third-order valence-electron chi connectivity index (χ3n) is 9.11. The zero-order valence-electron chi connectivity index (χ0n) is 24.0. The maximum absolute atomic E-state index is 14.0. The molecule has 0 aromatic heterocycles. The number of hydrogen-bond acceptors (Lipinski definition) is 4. The number of aryl methyl sites for hydroxylation is 1. The predicted octanol–water partition coefficient (Wildman–Crippen LogP) is 8.66. The lowest BCUT2D eigenvalue weighted by atomic mass is 9.70. The van der Waals surface area contributed by atoms with E-state index in [1.54, 1.807) is 60.7 Å². The van der Waals surface area contributed by atoms with Gasteiger partial charge in [-0.1, -0.05) is 90.0 Å². The Morgan fingerprint density at radius 1 is 0.444 bits per heavy atom. The van der Waals surface area contributed by atoms with Crippen molar-refractivity contribution in [3.05, 3.63) is 166 Å². The lowest BCUT2D eigenvalue weighted by Crippen LogP contribution is -2.26. The molecular weight excluding hydrogens is 620 g/mol. The molecule has 2 aliphatic rings. The van der Waals surface area contributed by atoms with Gasteiger partial charge < -0.3 is 0 Å². The Kier molecular flexibility index (Phi) is 6.07. The van der Waals surface area contributed by atoms with Gasteiger partial charge in [-0.15, -0.1) is 0 Å². The molecule has 0 N–H and O–H groups in total. The van der Waals surface area contributed by atoms with Gasteiger partial charge >= 0.3 is 0 Å². The van der Waals surface area contributed by atoms with Crippen LogP contribution in [0, 0.1) is 6.92 Å². The molecule has 7 heteroatoms. The summed E-state index contributed by atoms with van der Waals surface area (Å²) < 4.78 is 55.9. The summed E-state index contributed by atoms with van der Waals surface area (Å²) in [4.78, 5) is 0.717. The molecule has 6 aromatic carbocycles. The second-order valence-electron chi connectivity index (χ2n) is 11.5. The third-order valence-corrected chi connectivity index (χ3v) is 12.9. The molecule has 220 valence electrons. The quantitative estimate of drug-likeness (QED) is 0.192. The summed E-state index contributed by atoms with van der Waals surface area (Å²) in [5, 5.41) is 0.452. The zero-order chi connectivity index (χ0) is 31.1. The molecule has 0 aliphatic heterocycles. The topological polar surface area (TPSA) is 68.3 Å². The average molecular weight is 645 g/mol. The van der Waals surface area contributed by atoms with Crippen LogP contribution in [-0.4, -0.2) is 16.8 Å². The maximum Gasteiger partial charge on any atom is 0.206 e. The number of sulfone groups is 2. The van der Waals surface area contributed by atoms with Crippen LogP contribution in [0.3, 0.4) is 0 Å². The SMILES string of the molecule is Cc1ccc(S(=O)(=O)c2ccc3c(c2)C2(c4ccccc4-c4ccccc42)c2cc(S(=O)(=O)c4ccc(Cl)cc4)ccc2-3)cc1. The number of fused-ring (bicyclic) bond motifs is 10. The van der Waals surface area contributed by atoms with Crippen molar-refractivity contribution in [2.45, 2.75) is 31.9 Å². The number of rotatable bonds is 4. The lowest BCUT2D eigenvalue weighted by Gasteiger charge is -2.31. The molecule has 2 aliphatic carbocycles. The smallest absolute Gasteiger partial charge is 0.206 e. The van der Waals surface area contributed by atoms with Crippen LogP contribution in [0.5, 0.6) is 0 Å². The molecule has 0 heterocycles. The average Bonchev–Trinajstić information content (AvgIpc) is 3.52. The number of halogens is 1. The fraction of sp³-hybridized carbons (Fsp3) is 0.0526. The Hall–Kier alpha value is -4.49. The molecule has 0 fully saturated rings. The van der Waals surface area contributed by atoms with E-state index in [9.17, 15) is 16.8 Å². The second-order valence-corrected chi connectivity index (χ2v) is 15.9. The lowest BCUT2D eigenvalue weighted by molar-refractivity contribution is 0.594. The molecule has 6 aromatic rings. The van der Waals surface area contributed by atoms with E-state index >= 15 is 0 Å². The molecular formula is C38H25ClO4S2. The first-order valence-corrected chi connectivity index (χ1v) is 17.8. The molecule has 8 rings (SSSR count). The van der Waals surface area contributed by atoms with Crippen molar-refractivity contribution < 1.29 is 16.8 Å². The maximum atomic E-state index is 14.0. The van der Waals surface area contributed by atoms with Gasteiger partial charge in [-0.25, -0.2) is 16.8 Å². The Balaban J connectivity index is 1.43. The van der Waals surface area contributed by atoms with Crippen LogP contribution in [0.25, 0.3) is 22.3 Å². The summed E-state index contributed by atoms with van der Waals surface area (Å²) in [6, 6.07) is 39.8. The van der Waals surface area contributed by atoms with E-state index in [1.807, 2.05) is 43.3 Å². The molecule has 0 saturated carbocycles. The Labute approximate surface area is 267 Å². The predicted molar refractivity (Wildman–Crippen MR) is 176 cm³/mol. The molecule has 0 saturated heterocycles. The minimum Gasteiger partial charge on any atom is -0.219 e. The molecule has 0 atom stereocenters. The monoisotopic (exact) mass is 644 g/mol. The van der Waals surface area contributed by atoms with Crippen LogP contribution < -0.4 is 0 Å². The van der Waals surface area contributed by atoms with E-state index in [0.717, 1.165) is 50.1 Å². The third kappa shape index (κ3) is 3.89. The van der Waals surface area contributed by atoms with Crippen LogP contribution in [0.15, 0.2) is 153 Å². The number of hydrogen-bond donors (Lipinski definition) is 0. The Morgan fingerprint density at radius 2 is 0.822 bits per heavy atom. The molecule has 4 nitrogen and oxygen atoms in total. The summed E-state index contributed by atoms with van der Waals surface area (Å²) in [5.74, 6) is 0. The van der Waals surface area contributed by atoms with Crippen LogP contribution in [0.2, 0.25) is 5.02 Å². The summed E-state index contributed by atoms with van der Waals surface area (Å²) >= 11 is 6.07. The fourth-order valence-corrected chi connectivity index (χ4v) is 9.73. The van der Waals surface area contributed by atoms with Crippen molar-refractivity contribution in [2.75, 3.05) is 0 Å². The van der Waals surface area contributed by atoms with Gasteiger partial charge in [0.15, 0.2) is 0 Å². The van der Waals surface area contributed by atoms with Crippen molar-refractivity contribution in [3.63, 3.8) is 0 Å². The first kappa shape index (κ1) is 28.0. The highest BCUT2D eigenvalue weighted by molar-refractivity contribution is 7.91. The summed E-state index contributed by atoms with van der Waals surface area (Å²) in [5.41, 5.74) is 7.42.